The maximum Gasteiger partial charge on any atom is 0.137 e. The van der Waals surface area contributed by atoms with Gasteiger partial charge in [0.25, 0.3) is 0 Å². The van der Waals surface area contributed by atoms with E-state index in [1.165, 1.54) is 65.4 Å². The van der Waals surface area contributed by atoms with Gasteiger partial charge in [-0.25, -0.2) is 0 Å². The maximum atomic E-state index is 6.43. The van der Waals surface area contributed by atoms with E-state index in [1.807, 2.05) is 6.07 Å². The molecule has 0 unspecified atom stereocenters. The van der Waals surface area contributed by atoms with Crippen molar-refractivity contribution in [3.8, 4) is 11.1 Å². The van der Waals surface area contributed by atoms with Crippen LogP contribution in [0.15, 0.2) is 132 Å². The number of fused-ring (bicyclic) bond motifs is 7. The third-order valence-corrected chi connectivity index (χ3v) is 12.4. The van der Waals surface area contributed by atoms with E-state index in [2.05, 4.69) is 126 Å². The minimum Gasteiger partial charge on any atom is -0.456 e. The highest BCUT2D eigenvalue weighted by Gasteiger charge is 2.61. The number of hydrogen-bond donors (Lipinski definition) is 0. The number of anilines is 3. The molecule has 2 nitrogen and oxygen atoms in total. The van der Waals surface area contributed by atoms with E-state index >= 15 is 0 Å². The Morgan fingerprint density at radius 3 is 2.02 bits per heavy atom. The smallest absolute Gasteiger partial charge is 0.137 e. The summed E-state index contributed by atoms with van der Waals surface area (Å²) in [5, 5.41) is 4.81. The summed E-state index contributed by atoms with van der Waals surface area (Å²) in [5.41, 5.74) is 11.6. The molecule has 6 aromatic carbocycles. The second kappa shape index (κ2) is 9.13. The molecule has 0 radical (unpaired) electrons. The highest BCUT2D eigenvalue weighted by molar-refractivity contribution is 6.07. The van der Waals surface area contributed by atoms with Gasteiger partial charge in [0.15, 0.2) is 0 Å². The molecule has 4 bridgehead atoms. The Morgan fingerprint density at radius 2 is 1.15 bits per heavy atom. The van der Waals surface area contributed by atoms with Crippen molar-refractivity contribution in [2.75, 3.05) is 4.90 Å². The highest BCUT2D eigenvalue weighted by Crippen LogP contribution is 2.69. The van der Waals surface area contributed by atoms with Gasteiger partial charge in [-0.05, 0) is 120 Å². The Bertz CT molecular complexity index is 2330. The van der Waals surface area contributed by atoms with Gasteiger partial charge in [0.2, 0.25) is 0 Å². The summed E-state index contributed by atoms with van der Waals surface area (Å²) in [7, 11) is 0. The van der Waals surface area contributed by atoms with Gasteiger partial charge in [-0.2, -0.15) is 0 Å². The molecule has 5 aliphatic rings. The summed E-state index contributed by atoms with van der Waals surface area (Å²) < 4.78 is 6.43. The Balaban J connectivity index is 1.15. The molecule has 0 N–H and O–H groups in total. The first kappa shape index (κ1) is 25.4. The molecule has 1 heterocycles. The molecule has 5 aliphatic carbocycles. The minimum atomic E-state index is 0.176. The van der Waals surface area contributed by atoms with Crippen LogP contribution in [0.3, 0.4) is 0 Å². The van der Waals surface area contributed by atoms with Crippen LogP contribution in [0.5, 0.6) is 0 Å². The molecule has 46 heavy (non-hydrogen) atoms. The largest absolute Gasteiger partial charge is 0.456 e. The van der Waals surface area contributed by atoms with Crippen LogP contribution < -0.4 is 4.90 Å². The van der Waals surface area contributed by atoms with Crippen LogP contribution in [0.25, 0.3) is 43.8 Å². The molecule has 0 amide bonds. The molecule has 7 aromatic rings. The second-order valence-corrected chi connectivity index (χ2v) is 14.6. The van der Waals surface area contributed by atoms with Crippen LogP contribution in [0.2, 0.25) is 0 Å². The molecule has 4 saturated carbocycles. The lowest BCUT2D eigenvalue weighted by atomic mass is 9.43. The van der Waals surface area contributed by atoms with Crippen LogP contribution in [0.1, 0.15) is 43.2 Å². The number of hydrogen-bond acceptors (Lipinski definition) is 2. The maximum absolute atomic E-state index is 6.43. The zero-order chi connectivity index (χ0) is 30.0. The molecule has 2 heteroatoms. The fourth-order valence-corrected chi connectivity index (χ4v) is 11.0. The normalized spacial score (nSPS) is 25.5. The summed E-state index contributed by atoms with van der Waals surface area (Å²) >= 11 is 0. The number of para-hydroxylation sites is 1. The Kier molecular flexibility index (Phi) is 5.04. The van der Waals surface area contributed by atoms with Crippen molar-refractivity contribution >= 4 is 49.8 Å². The van der Waals surface area contributed by atoms with Gasteiger partial charge in [0.05, 0.1) is 5.69 Å². The summed E-state index contributed by atoms with van der Waals surface area (Å²) in [5.74, 6) is 3.42. The molecule has 4 fully saturated rings. The number of furan rings is 1. The monoisotopic (exact) mass is 593 g/mol. The predicted octanol–water partition coefficient (Wildman–Crippen LogP) is 11.9. The Hall–Kier alpha value is -4.82. The second-order valence-electron chi connectivity index (χ2n) is 14.6. The molecule has 12 rings (SSSR count). The zero-order valence-corrected chi connectivity index (χ0v) is 25.8. The molecular weight excluding hydrogens is 558 g/mol. The lowest BCUT2D eigenvalue weighted by Gasteiger charge is -2.61. The summed E-state index contributed by atoms with van der Waals surface area (Å²) in [6, 6.07) is 47.4. The van der Waals surface area contributed by atoms with Crippen LogP contribution >= 0.6 is 0 Å². The van der Waals surface area contributed by atoms with Crippen molar-refractivity contribution in [2.45, 2.75) is 37.5 Å². The van der Waals surface area contributed by atoms with Crippen LogP contribution in [0, 0.1) is 23.7 Å². The first-order chi connectivity index (χ1) is 22.8. The molecule has 0 saturated heterocycles. The van der Waals surface area contributed by atoms with Crippen molar-refractivity contribution in [1.29, 1.82) is 0 Å². The summed E-state index contributed by atoms with van der Waals surface area (Å²) in [6.07, 6.45) is 7.10. The Labute approximate surface area is 269 Å². The molecule has 222 valence electrons. The fourth-order valence-electron chi connectivity index (χ4n) is 11.0. The van der Waals surface area contributed by atoms with Gasteiger partial charge in [-0.15, -0.1) is 0 Å². The van der Waals surface area contributed by atoms with Crippen molar-refractivity contribution in [2.24, 2.45) is 23.7 Å². The standard InChI is InChI=1S/C44H35NO/c1-2-10-34-29(8-1)9-7-14-41(34)45(33-16-18-37-36-12-4-6-15-42(36)46-43(37)26-33)32-17-19-40-38(25-32)35-11-3-5-13-39(35)44(40)30-21-27-20-28(23-30)24-31(44)22-27/h1-19,25-28,30-31H,20-24H2. The van der Waals surface area contributed by atoms with Gasteiger partial charge in [-0.3, -0.25) is 0 Å². The molecule has 0 aliphatic heterocycles. The van der Waals surface area contributed by atoms with Gasteiger partial charge in [-0.1, -0.05) is 84.9 Å². The molecule has 1 aromatic heterocycles. The van der Waals surface area contributed by atoms with E-state index < -0.39 is 0 Å². The first-order valence-corrected chi connectivity index (χ1v) is 17.2. The predicted molar refractivity (Wildman–Crippen MR) is 189 cm³/mol. The van der Waals surface area contributed by atoms with Gasteiger partial charge in [0, 0.05) is 39.0 Å². The zero-order valence-electron chi connectivity index (χ0n) is 25.8. The summed E-state index contributed by atoms with van der Waals surface area (Å²) in [4.78, 5) is 2.46. The van der Waals surface area contributed by atoms with Crippen molar-refractivity contribution < 1.29 is 4.42 Å². The third kappa shape index (κ3) is 3.27. The topological polar surface area (TPSA) is 16.4 Å². The third-order valence-electron chi connectivity index (χ3n) is 12.4. The van der Waals surface area contributed by atoms with E-state index in [1.54, 1.807) is 11.1 Å². The minimum absolute atomic E-state index is 0.176. The fraction of sp³-hybridized carbons (Fsp3) is 0.227. The van der Waals surface area contributed by atoms with E-state index in [4.69, 9.17) is 4.42 Å². The molecule has 1 spiro atoms. The lowest BCUT2D eigenvalue weighted by Crippen LogP contribution is -2.55. The average Bonchev–Trinajstić information content (AvgIpc) is 3.60. The van der Waals surface area contributed by atoms with Gasteiger partial charge >= 0.3 is 0 Å². The number of nitrogens with zero attached hydrogens (tertiary/aromatic N) is 1. The van der Waals surface area contributed by atoms with E-state index in [0.717, 1.165) is 51.3 Å². The highest BCUT2D eigenvalue weighted by atomic mass is 16.3. The van der Waals surface area contributed by atoms with Crippen LogP contribution in [0.4, 0.5) is 17.1 Å². The quantitative estimate of drug-likeness (QED) is 0.203. The Morgan fingerprint density at radius 1 is 0.500 bits per heavy atom. The van der Waals surface area contributed by atoms with E-state index in [0.29, 0.717) is 0 Å². The number of benzene rings is 6. The lowest BCUT2D eigenvalue weighted by molar-refractivity contribution is -0.0399. The van der Waals surface area contributed by atoms with Crippen molar-refractivity contribution in [3.05, 3.63) is 139 Å². The SMILES string of the molecule is c1ccc2c(c1)-c1cc(N(c3ccc4c(c3)oc3ccccc34)c3cccc4ccccc34)ccc1C21C2CC3CC(C2)CC1C3. The molecular formula is C44H35NO. The van der Waals surface area contributed by atoms with Crippen LogP contribution in [-0.2, 0) is 5.41 Å². The van der Waals surface area contributed by atoms with Crippen molar-refractivity contribution in [3.63, 3.8) is 0 Å². The van der Waals surface area contributed by atoms with Gasteiger partial charge in [0.1, 0.15) is 11.2 Å². The van der Waals surface area contributed by atoms with Crippen LogP contribution in [-0.4, -0.2) is 0 Å². The van der Waals surface area contributed by atoms with Crippen molar-refractivity contribution in [1.82, 2.24) is 0 Å². The summed E-state index contributed by atoms with van der Waals surface area (Å²) in [6.45, 7) is 0. The van der Waals surface area contributed by atoms with E-state index in [-0.39, 0.29) is 5.41 Å². The first-order valence-electron chi connectivity index (χ1n) is 17.2. The van der Waals surface area contributed by atoms with Gasteiger partial charge < -0.3 is 9.32 Å². The number of rotatable bonds is 3. The average molecular weight is 594 g/mol. The van der Waals surface area contributed by atoms with E-state index in [9.17, 15) is 0 Å². The molecule has 0 atom stereocenters.